The molecular formula is C14H12O4. The van der Waals surface area contributed by atoms with Crippen molar-refractivity contribution in [3.8, 4) is 17.2 Å². The van der Waals surface area contributed by atoms with Gasteiger partial charge in [-0.1, -0.05) is 18.2 Å². The molecule has 0 amide bonds. The Morgan fingerprint density at radius 3 is 2.22 bits per heavy atom. The van der Waals surface area contributed by atoms with E-state index in [-0.39, 0.29) is 22.6 Å². The van der Waals surface area contributed by atoms with E-state index in [2.05, 4.69) is 0 Å². The maximum Gasteiger partial charge on any atom is 0.200 e. The molecule has 0 saturated heterocycles. The summed E-state index contributed by atoms with van der Waals surface area (Å²) in [6, 6.07) is 8.99. The molecule has 0 heterocycles. The van der Waals surface area contributed by atoms with Crippen LogP contribution in [0.2, 0.25) is 0 Å². The number of aryl methyl sites for hydroxylation is 1. The highest BCUT2D eigenvalue weighted by molar-refractivity contribution is 6.12. The Morgan fingerprint density at radius 1 is 0.889 bits per heavy atom. The van der Waals surface area contributed by atoms with Crippen molar-refractivity contribution in [1.29, 1.82) is 0 Å². The second-order valence-electron chi connectivity index (χ2n) is 3.97. The number of phenols is 3. The van der Waals surface area contributed by atoms with Crippen molar-refractivity contribution < 1.29 is 20.1 Å². The molecule has 0 atom stereocenters. The van der Waals surface area contributed by atoms with Gasteiger partial charge in [-0.2, -0.15) is 0 Å². The molecule has 4 nitrogen and oxygen atoms in total. The molecule has 2 aromatic carbocycles. The lowest BCUT2D eigenvalue weighted by Crippen LogP contribution is -2.02. The van der Waals surface area contributed by atoms with Gasteiger partial charge in [0.2, 0.25) is 5.78 Å². The van der Waals surface area contributed by atoms with Crippen LogP contribution in [0.4, 0.5) is 0 Å². The fraction of sp³-hybridized carbons (Fsp3) is 0.0714. The Kier molecular flexibility index (Phi) is 2.93. The molecule has 18 heavy (non-hydrogen) atoms. The molecule has 0 unspecified atom stereocenters. The van der Waals surface area contributed by atoms with Gasteiger partial charge in [-0.25, -0.2) is 0 Å². The van der Waals surface area contributed by atoms with Gasteiger partial charge in [0, 0.05) is 0 Å². The Labute approximate surface area is 104 Å². The van der Waals surface area contributed by atoms with Crippen molar-refractivity contribution >= 4 is 5.78 Å². The number of aromatic hydroxyl groups is 3. The first kappa shape index (κ1) is 12.0. The van der Waals surface area contributed by atoms with Gasteiger partial charge >= 0.3 is 0 Å². The standard InChI is InChI=1S/C14H12O4/c1-8-6-7-10(14(18)12(8)16)13(17)9-4-2-3-5-11(9)15/h2-7,15-16,18H,1H3. The summed E-state index contributed by atoms with van der Waals surface area (Å²) in [7, 11) is 0. The Bertz CT molecular complexity index is 617. The van der Waals surface area contributed by atoms with E-state index in [0.717, 1.165) is 0 Å². The highest BCUT2D eigenvalue weighted by atomic mass is 16.3. The molecule has 0 radical (unpaired) electrons. The number of carbonyl (C=O) groups excluding carboxylic acids is 1. The third-order valence-corrected chi connectivity index (χ3v) is 2.75. The number of hydrogen-bond donors (Lipinski definition) is 3. The number of rotatable bonds is 2. The summed E-state index contributed by atoms with van der Waals surface area (Å²) in [6.45, 7) is 1.61. The summed E-state index contributed by atoms with van der Waals surface area (Å²) in [5.41, 5.74) is 0.511. The maximum atomic E-state index is 12.1. The zero-order valence-corrected chi connectivity index (χ0v) is 9.71. The molecule has 2 rings (SSSR count). The number of phenolic OH excluding ortho intramolecular Hbond substituents is 3. The lowest BCUT2D eigenvalue weighted by Gasteiger charge is -2.08. The molecule has 2 aromatic rings. The minimum absolute atomic E-state index is 0.0420. The van der Waals surface area contributed by atoms with Gasteiger partial charge in [0.1, 0.15) is 5.75 Å². The van der Waals surface area contributed by atoms with Crippen molar-refractivity contribution in [2.24, 2.45) is 0 Å². The van der Waals surface area contributed by atoms with Gasteiger partial charge in [-0.3, -0.25) is 4.79 Å². The quantitative estimate of drug-likeness (QED) is 0.559. The van der Waals surface area contributed by atoms with Gasteiger partial charge in [-0.15, -0.1) is 0 Å². The topological polar surface area (TPSA) is 77.8 Å². The van der Waals surface area contributed by atoms with Gasteiger partial charge in [0.25, 0.3) is 0 Å². The van der Waals surface area contributed by atoms with Gasteiger partial charge in [-0.05, 0) is 30.7 Å². The third kappa shape index (κ3) is 1.88. The van der Waals surface area contributed by atoms with Crippen LogP contribution in [0.1, 0.15) is 21.5 Å². The summed E-state index contributed by atoms with van der Waals surface area (Å²) in [5.74, 6) is -1.50. The van der Waals surface area contributed by atoms with Crippen LogP contribution in [-0.2, 0) is 0 Å². The third-order valence-electron chi connectivity index (χ3n) is 2.75. The fourth-order valence-electron chi connectivity index (χ4n) is 1.67. The minimum Gasteiger partial charge on any atom is -0.507 e. The smallest absolute Gasteiger partial charge is 0.200 e. The molecule has 0 spiro atoms. The van der Waals surface area contributed by atoms with Crippen LogP contribution in [-0.4, -0.2) is 21.1 Å². The molecule has 4 heteroatoms. The number of hydrogen-bond acceptors (Lipinski definition) is 4. The van der Waals surface area contributed by atoms with Crippen LogP contribution >= 0.6 is 0 Å². The van der Waals surface area contributed by atoms with E-state index < -0.39 is 11.5 Å². The normalized spacial score (nSPS) is 10.3. The molecule has 92 valence electrons. The predicted molar refractivity (Wildman–Crippen MR) is 66.0 cm³/mol. The predicted octanol–water partition coefficient (Wildman–Crippen LogP) is 2.34. The highest BCUT2D eigenvalue weighted by Crippen LogP contribution is 2.34. The summed E-state index contributed by atoms with van der Waals surface area (Å²) in [5, 5.41) is 28.9. The van der Waals surface area contributed by atoms with E-state index in [0.29, 0.717) is 5.56 Å². The first-order valence-corrected chi connectivity index (χ1v) is 5.36. The van der Waals surface area contributed by atoms with Crippen LogP contribution in [0.5, 0.6) is 17.2 Å². The molecule has 0 aliphatic rings. The first-order chi connectivity index (χ1) is 8.52. The van der Waals surface area contributed by atoms with Gasteiger partial charge < -0.3 is 15.3 Å². The summed E-state index contributed by atoms with van der Waals surface area (Å²) in [6.07, 6.45) is 0. The molecule has 3 N–H and O–H groups in total. The first-order valence-electron chi connectivity index (χ1n) is 5.36. The Hall–Kier alpha value is -2.49. The van der Waals surface area contributed by atoms with Crippen LogP contribution in [0, 0.1) is 6.92 Å². The molecular weight excluding hydrogens is 232 g/mol. The van der Waals surface area contributed by atoms with Crippen molar-refractivity contribution in [2.45, 2.75) is 6.92 Å². The number of benzene rings is 2. The lowest BCUT2D eigenvalue weighted by atomic mass is 10.00. The molecule has 0 fully saturated rings. The minimum atomic E-state index is -0.541. The molecule has 0 aliphatic carbocycles. The molecule has 0 bridgehead atoms. The Balaban J connectivity index is 2.54. The van der Waals surface area contributed by atoms with Crippen LogP contribution in [0.15, 0.2) is 36.4 Å². The van der Waals surface area contributed by atoms with E-state index in [9.17, 15) is 20.1 Å². The molecule has 0 saturated carbocycles. The molecule has 0 aromatic heterocycles. The number of carbonyl (C=O) groups is 1. The molecule has 0 aliphatic heterocycles. The number of para-hydroxylation sites is 1. The van der Waals surface area contributed by atoms with Crippen LogP contribution in [0.3, 0.4) is 0 Å². The SMILES string of the molecule is Cc1ccc(C(=O)c2ccccc2O)c(O)c1O. The fourth-order valence-corrected chi connectivity index (χ4v) is 1.67. The largest absolute Gasteiger partial charge is 0.507 e. The monoisotopic (exact) mass is 244 g/mol. The van der Waals surface area contributed by atoms with Crippen molar-refractivity contribution in [1.82, 2.24) is 0 Å². The zero-order valence-electron chi connectivity index (χ0n) is 9.71. The van der Waals surface area contributed by atoms with Crippen molar-refractivity contribution in [3.05, 3.63) is 53.1 Å². The van der Waals surface area contributed by atoms with Crippen molar-refractivity contribution in [3.63, 3.8) is 0 Å². The van der Waals surface area contributed by atoms with Gasteiger partial charge in [0.05, 0.1) is 11.1 Å². The van der Waals surface area contributed by atoms with Gasteiger partial charge in [0.15, 0.2) is 11.5 Å². The second kappa shape index (κ2) is 4.41. The van der Waals surface area contributed by atoms with E-state index >= 15 is 0 Å². The van der Waals surface area contributed by atoms with E-state index in [1.54, 1.807) is 19.1 Å². The average molecular weight is 244 g/mol. The van der Waals surface area contributed by atoms with Crippen molar-refractivity contribution in [2.75, 3.05) is 0 Å². The van der Waals surface area contributed by atoms with E-state index in [1.807, 2.05) is 0 Å². The summed E-state index contributed by atoms with van der Waals surface area (Å²) < 4.78 is 0. The summed E-state index contributed by atoms with van der Waals surface area (Å²) >= 11 is 0. The van der Waals surface area contributed by atoms with Crippen LogP contribution < -0.4 is 0 Å². The average Bonchev–Trinajstić information content (AvgIpc) is 2.36. The summed E-state index contributed by atoms with van der Waals surface area (Å²) in [4.78, 5) is 12.1. The van der Waals surface area contributed by atoms with E-state index in [1.165, 1.54) is 24.3 Å². The highest BCUT2D eigenvalue weighted by Gasteiger charge is 2.19. The Morgan fingerprint density at radius 2 is 1.56 bits per heavy atom. The maximum absolute atomic E-state index is 12.1. The van der Waals surface area contributed by atoms with Crippen LogP contribution in [0.25, 0.3) is 0 Å². The second-order valence-corrected chi connectivity index (χ2v) is 3.97. The number of ketones is 1. The lowest BCUT2D eigenvalue weighted by molar-refractivity contribution is 0.103. The zero-order chi connectivity index (χ0) is 13.3. The van der Waals surface area contributed by atoms with E-state index in [4.69, 9.17) is 0 Å².